The van der Waals surface area contributed by atoms with Crippen LogP contribution < -0.4 is 21.7 Å². The summed E-state index contributed by atoms with van der Waals surface area (Å²) in [6, 6.07) is 3.73. The summed E-state index contributed by atoms with van der Waals surface area (Å²) < 4.78 is 55.1. The van der Waals surface area contributed by atoms with Crippen LogP contribution in [0.4, 0.5) is 19.7 Å². The minimum atomic E-state index is -3.33. The summed E-state index contributed by atoms with van der Waals surface area (Å²) in [6.07, 6.45) is 5.20. The number of carbonyl (C=O) groups is 1. The van der Waals surface area contributed by atoms with Crippen molar-refractivity contribution >= 4 is 38.1 Å². The lowest BCUT2D eigenvalue weighted by atomic mass is 10.1. The minimum Gasteiger partial charge on any atom is -0.382 e. The third-order valence-electron chi connectivity index (χ3n) is 6.81. The maximum atomic E-state index is 14.0. The number of nitrogens with one attached hydrogen (secondary N) is 3. The summed E-state index contributed by atoms with van der Waals surface area (Å²) in [6.45, 7) is 3.41. The Morgan fingerprint density at radius 1 is 1.19 bits per heavy atom. The van der Waals surface area contributed by atoms with Crippen molar-refractivity contribution in [2.75, 3.05) is 49.5 Å². The van der Waals surface area contributed by atoms with Crippen LogP contribution in [0.5, 0.6) is 0 Å². The van der Waals surface area contributed by atoms with E-state index >= 15 is 0 Å². The Morgan fingerprint density at radius 3 is 2.59 bits per heavy atom. The zero-order valence-corrected chi connectivity index (χ0v) is 22.3. The van der Waals surface area contributed by atoms with Gasteiger partial charge in [-0.15, -0.1) is 0 Å². The van der Waals surface area contributed by atoms with Crippen molar-refractivity contribution in [2.24, 2.45) is 0 Å². The van der Waals surface area contributed by atoms with Crippen LogP contribution >= 0.6 is 11.3 Å². The number of nitrogens with two attached hydrogens (primary N) is 1. The van der Waals surface area contributed by atoms with Gasteiger partial charge in [-0.2, -0.15) is 0 Å². The molecule has 0 spiro atoms. The molecular formula is C24H34F2N6O3S2. The van der Waals surface area contributed by atoms with E-state index in [2.05, 4.69) is 20.9 Å². The van der Waals surface area contributed by atoms with Gasteiger partial charge in [0.15, 0.2) is 5.13 Å². The molecule has 2 aliphatic rings. The van der Waals surface area contributed by atoms with E-state index in [1.165, 1.54) is 23.2 Å². The quantitative estimate of drug-likeness (QED) is 0.232. The smallest absolute Gasteiger partial charge is 0.214 e. The van der Waals surface area contributed by atoms with Crippen LogP contribution in [0, 0.1) is 11.6 Å². The zero-order chi connectivity index (χ0) is 26.4. The van der Waals surface area contributed by atoms with Gasteiger partial charge < -0.3 is 21.7 Å². The van der Waals surface area contributed by atoms with E-state index in [4.69, 9.17) is 5.73 Å². The first kappa shape index (κ1) is 27.8. The highest BCUT2D eigenvalue weighted by Crippen LogP contribution is 2.30. The summed E-state index contributed by atoms with van der Waals surface area (Å²) in [5.74, 6) is -2.77. The van der Waals surface area contributed by atoms with Crippen LogP contribution in [0.3, 0.4) is 0 Å². The van der Waals surface area contributed by atoms with Gasteiger partial charge in [0.05, 0.1) is 11.3 Å². The molecule has 37 heavy (non-hydrogen) atoms. The second-order valence-electron chi connectivity index (χ2n) is 9.48. The number of nitrogens with zero attached hydrogens (tertiary/aromatic N) is 2. The molecule has 0 radical (unpaired) electrons. The lowest BCUT2D eigenvalue weighted by molar-refractivity contribution is 0.103. The fourth-order valence-electron chi connectivity index (χ4n) is 4.75. The molecular weight excluding hydrogens is 522 g/mol. The number of carbonyl (C=O) groups excluding carboxylic acids is 1. The Labute approximate surface area is 220 Å². The summed E-state index contributed by atoms with van der Waals surface area (Å²) in [4.78, 5) is 16.8. The van der Waals surface area contributed by atoms with Crippen LogP contribution in [0.1, 0.15) is 53.8 Å². The van der Waals surface area contributed by atoms with Gasteiger partial charge in [-0.05, 0) is 70.3 Å². The number of nitrogen functional groups attached to an aromatic ring is 1. The molecule has 5 N–H and O–H groups in total. The topological polar surface area (TPSA) is 129 Å². The number of ketones is 1. The molecule has 2 fully saturated rings. The molecule has 0 aliphatic carbocycles. The zero-order valence-electron chi connectivity index (χ0n) is 20.6. The Bertz CT molecular complexity index is 1160. The molecule has 2 aliphatic heterocycles. The van der Waals surface area contributed by atoms with Crippen molar-refractivity contribution in [1.29, 1.82) is 0 Å². The monoisotopic (exact) mass is 556 g/mol. The van der Waals surface area contributed by atoms with E-state index in [0.29, 0.717) is 50.1 Å². The van der Waals surface area contributed by atoms with E-state index in [9.17, 15) is 22.0 Å². The second kappa shape index (κ2) is 12.6. The molecule has 1 aromatic heterocycles. The van der Waals surface area contributed by atoms with Crippen LogP contribution in [0.25, 0.3) is 0 Å². The standard InChI is InChI=1S/C24H34F2N6O3S2/c25-18-5-1-6-19(26)20(18)21(33)22-23(27)31-24(36-22)30-17-8-13-32(14-9-17)37(34,35)15-3-10-28-12-7-16-4-2-11-29-16/h1,5-6,16-17,28-29H,2-4,7-15,27H2,(H,30,31). The molecule has 0 amide bonds. The lowest BCUT2D eigenvalue weighted by Crippen LogP contribution is -2.43. The predicted octanol–water partition coefficient (Wildman–Crippen LogP) is 2.56. The van der Waals surface area contributed by atoms with Gasteiger partial charge in [0.1, 0.15) is 22.3 Å². The van der Waals surface area contributed by atoms with Crippen molar-refractivity contribution in [3.05, 3.63) is 40.3 Å². The van der Waals surface area contributed by atoms with E-state index in [1.807, 2.05) is 0 Å². The first-order valence-corrected chi connectivity index (χ1v) is 15.1. The van der Waals surface area contributed by atoms with Gasteiger partial charge in [0.2, 0.25) is 15.8 Å². The van der Waals surface area contributed by atoms with Gasteiger partial charge >= 0.3 is 0 Å². The molecule has 0 saturated carbocycles. The average Bonchev–Trinajstić information content (AvgIpc) is 3.51. The number of rotatable bonds is 12. The summed E-state index contributed by atoms with van der Waals surface area (Å²) in [5.41, 5.74) is 5.21. The van der Waals surface area contributed by atoms with E-state index in [1.54, 1.807) is 0 Å². The highest BCUT2D eigenvalue weighted by molar-refractivity contribution is 7.89. The molecule has 2 aromatic rings. The number of benzene rings is 1. The summed E-state index contributed by atoms with van der Waals surface area (Å²) in [5, 5.41) is 10.3. The first-order valence-electron chi connectivity index (χ1n) is 12.7. The molecule has 1 atom stereocenters. The van der Waals surface area contributed by atoms with Crippen molar-refractivity contribution in [1.82, 2.24) is 19.9 Å². The molecule has 204 valence electrons. The molecule has 1 aromatic carbocycles. The lowest BCUT2D eigenvalue weighted by Gasteiger charge is -2.31. The highest BCUT2D eigenvalue weighted by atomic mass is 32.2. The Kier molecular flexibility index (Phi) is 9.46. The van der Waals surface area contributed by atoms with Crippen LogP contribution in [0.2, 0.25) is 0 Å². The van der Waals surface area contributed by atoms with Crippen molar-refractivity contribution in [3.8, 4) is 0 Å². The van der Waals surface area contributed by atoms with Crippen LogP contribution in [-0.2, 0) is 10.0 Å². The van der Waals surface area contributed by atoms with E-state index in [-0.39, 0.29) is 22.5 Å². The summed E-state index contributed by atoms with van der Waals surface area (Å²) in [7, 11) is -3.33. The molecule has 0 bridgehead atoms. The number of hydrogen-bond donors (Lipinski definition) is 4. The molecule has 1 unspecified atom stereocenters. The molecule has 13 heteroatoms. The number of hydrogen-bond acceptors (Lipinski definition) is 9. The van der Waals surface area contributed by atoms with Gasteiger partial charge in [-0.1, -0.05) is 17.4 Å². The number of sulfonamides is 1. The maximum Gasteiger partial charge on any atom is 0.214 e. The minimum absolute atomic E-state index is 0.0420. The van der Waals surface area contributed by atoms with Crippen LogP contribution in [0.15, 0.2) is 18.2 Å². The first-order chi connectivity index (χ1) is 17.7. The molecule has 2 saturated heterocycles. The van der Waals surface area contributed by atoms with Gasteiger partial charge in [0, 0.05) is 25.2 Å². The van der Waals surface area contributed by atoms with E-state index in [0.717, 1.165) is 43.0 Å². The fraction of sp³-hybridized carbons (Fsp3) is 0.583. The number of halogens is 2. The number of anilines is 2. The number of piperidine rings is 1. The molecule has 3 heterocycles. The van der Waals surface area contributed by atoms with Crippen molar-refractivity contribution < 1.29 is 22.0 Å². The molecule has 9 nitrogen and oxygen atoms in total. The Morgan fingerprint density at radius 2 is 1.92 bits per heavy atom. The maximum absolute atomic E-state index is 14.0. The SMILES string of the molecule is Nc1nc(NC2CCN(S(=O)(=O)CCCNCCC3CCCN3)CC2)sc1C(=O)c1c(F)cccc1F. The van der Waals surface area contributed by atoms with Gasteiger partial charge in [-0.3, -0.25) is 4.79 Å². The largest absolute Gasteiger partial charge is 0.382 e. The molecule has 4 rings (SSSR count). The Balaban J connectivity index is 1.22. The third-order valence-corrected chi connectivity index (χ3v) is 9.77. The number of aromatic nitrogens is 1. The second-order valence-corrected chi connectivity index (χ2v) is 12.6. The average molecular weight is 557 g/mol. The van der Waals surface area contributed by atoms with Gasteiger partial charge in [0.25, 0.3) is 0 Å². The van der Waals surface area contributed by atoms with Crippen molar-refractivity contribution in [3.63, 3.8) is 0 Å². The van der Waals surface area contributed by atoms with E-state index < -0.39 is 33.0 Å². The fourth-order valence-corrected chi connectivity index (χ4v) is 7.19. The normalized spacial score (nSPS) is 19.4. The summed E-state index contributed by atoms with van der Waals surface area (Å²) >= 11 is 0.932. The predicted molar refractivity (Wildman–Crippen MR) is 141 cm³/mol. The van der Waals surface area contributed by atoms with Crippen molar-refractivity contribution in [2.45, 2.75) is 50.6 Å². The Hall–Kier alpha value is -2.19. The number of thiazole rings is 1. The van der Waals surface area contributed by atoms with Gasteiger partial charge in [-0.25, -0.2) is 26.5 Å². The highest BCUT2D eigenvalue weighted by Gasteiger charge is 2.29. The third kappa shape index (κ3) is 7.23. The van der Waals surface area contributed by atoms with Crippen LogP contribution in [-0.4, -0.2) is 74.1 Å².